The molecule has 1 aliphatic carbocycles. The SMILES string of the molecule is Cc1cccc(C)c1CC(O)C1(N(C)C)CCC(C)CC1. The highest BCUT2D eigenvalue weighted by Gasteiger charge is 2.42. The summed E-state index contributed by atoms with van der Waals surface area (Å²) in [6.07, 6.45) is 5.13. The molecule has 1 aliphatic rings. The van der Waals surface area contributed by atoms with E-state index in [0.29, 0.717) is 0 Å². The van der Waals surface area contributed by atoms with Crippen LogP contribution < -0.4 is 0 Å². The standard InChI is InChI=1S/C19H31NO/c1-14-9-11-19(12-10-14,20(4)5)18(21)13-17-15(2)7-6-8-16(17)3/h6-8,14,18,21H,9-13H2,1-5H3. The molecule has 0 heterocycles. The molecule has 1 aromatic carbocycles. The van der Waals surface area contributed by atoms with Gasteiger partial charge in [-0.15, -0.1) is 0 Å². The maximum Gasteiger partial charge on any atom is 0.0764 e. The molecule has 0 spiro atoms. The number of hydrogen-bond donors (Lipinski definition) is 1. The van der Waals surface area contributed by atoms with Crippen molar-refractivity contribution in [3.63, 3.8) is 0 Å². The van der Waals surface area contributed by atoms with Crippen molar-refractivity contribution < 1.29 is 5.11 Å². The first-order chi connectivity index (χ1) is 9.86. The van der Waals surface area contributed by atoms with Gasteiger partial charge in [-0.2, -0.15) is 0 Å². The van der Waals surface area contributed by atoms with Gasteiger partial charge in [0, 0.05) is 12.0 Å². The molecule has 2 rings (SSSR count). The molecule has 2 nitrogen and oxygen atoms in total. The van der Waals surface area contributed by atoms with Crippen LogP contribution in [0.3, 0.4) is 0 Å². The minimum Gasteiger partial charge on any atom is -0.391 e. The summed E-state index contributed by atoms with van der Waals surface area (Å²) < 4.78 is 0. The maximum atomic E-state index is 11.0. The van der Waals surface area contributed by atoms with Gasteiger partial charge in [0.05, 0.1) is 6.10 Å². The molecule has 1 unspecified atom stereocenters. The lowest BCUT2D eigenvalue weighted by Gasteiger charge is -2.48. The summed E-state index contributed by atoms with van der Waals surface area (Å²) >= 11 is 0. The van der Waals surface area contributed by atoms with Gasteiger partial charge in [0.1, 0.15) is 0 Å². The fourth-order valence-electron chi connectivity index (χ4n) is 3.89. The summed E-state index contributed by atoms with van der Waals surface area (Å²) in [6, 6.07) is 6.41. The van der Waals surface area contributed by atoms with Crippen molar-refractivity contribution in [3.05, 3.63) is 34.9 Å². The third-order valence-electron chi connectivity index (χ3n) is 5.69. The number of aliphatic hydroxyl groups excluding tert-OH is 1. The lowest BCUT2D eigenvalue weighted by Crippen LogP contribution is -2.56. The third kappa shape index (κ3) is 3.32. The molecule has 0 aromatic heterocycles. The number of nitrogens with zero attached hydrogens (tertiary/aromatic N) is 1. The molecule has 2 heteroatoms. The van der Waals surface area contributed by atoms with E-state index in [1.165, 1.54) is 29.5 Å². The smallest absolute Gasteiger partial charge is 0.0764 e. The number of rotatable bonds is 4. The molecule has 1 aromatic rings. The van der Waals surface area contributed by atoms with Crippen molar-refractivity contribution in [3.8, 4) is 0 Å². The first kappa shape index (κ1) is 16.5. The zero-order valence-electron chi connectivity index (χ0n) is 14.3. The van der Waals surface area contributed by atoms with Crippen LogP contribution >= 0.6 is 0 Å². The predicted molar refractivity (Wildman–Crippen MR) is 89.7 cm³/mol. The van der Waals surface area contributed by atoms with E-state index in [2.05, 4.69) is 58.0 Å². The van der Waals surface area contributed by atoms with Gasteiger partial charge in [0.25, 0.3) is 0 Å². The Balaban J connectivity index is 2.22. The molecule has 1 saturated carbocycles. The Bertz CT molecular complexity index is 452. The highest BCUT2D eigenvalue weighted by atomic mass is 16.3. The topological polar surface area (TPSA) is 23.5 Å². The number of aryl methyl sites for hydroxylation is 2. The normalized spacial score (nSPS) is 27.9. The molecule has 118 valence electrons. The van der Waals surface area contributed by atoms with Crippen LogP contribution in [0.4, 0.5) is 0 Å². The van der Waals surface area contributed by atoms with E-state index in [1.54, 1.807) is 0 Å². The van der Waals surface area contributed by atoms with E-state index in [0.717, 1.165) is 25.2 Å². The second-order valence-electron chi connectivity index (χ2n) is 7.27. The zero-order chi connectivity index (χ0) is 15.6. The quantitative estimate of drug-likeness (QED) is 0.913. The zero-order valence-corrected chi connectivity index (χ0v) is 14.3. The Kier molecular flexibility index (Phi) is 5.11. The fourth-order valence-corrected chi connectivity index (χ4v) is 3.89. The van der Waals surface area contributed by atoms with Crippen LogP contribution in [0.2, 0.25) is 0 Å². The Hall–Kier alpha value is -0.860. The number of benzene rings is 1. The van der Waals surface area contributed by atoms with Crippen molar-refractivity contribution >= 4 is 0 Å². The first-order valence-corrected chi connectivity index (χ1v) is 8.27. The first-order valence-electron chi connectivity index (χ1n) is 8.27. The van der Waals surface area contributed by atoms with Crippen LogP contribution in [0.1, 0.15) is 49.3 Å². The summed E-state index contributed by atoms with van der Waals surface area (Å²) in [6.45, 7) is 6.64. The molecule has 0 aliphatic heterocycles. The maximum absolute atomic E-state index is 11.0. The van der Waals surface area contributed by atoms with E-state index in [9.17, 15) is 5.11 Å². The number of hydrogen-bond acceptors (Lipinski definition) is 2. The summed E-state index contributed by atoms with van der Waals surface area (Å²) in [7, 11) is 4.26. The number of aliphatic hydroxyl groups is 1. The molecule has 1 atom stereocenters. The van der Waals surface area contributed by atoms with Gasteiger partial charge in [0.15, 0.2) is 0 Å². The van der Waals surface area contributed by atoms with Crippen molar-refractivity contribution in [2.45, 2.75) is 64.5 Å². The average molecular weight is 289 g/mol. The molecule has 0 radical (unpaired) electrons. The second-order valence-corrected chi connectivity index (χ2v) is 7.27. The van der Waals surface area contributed by atoms with Crippen molar-refractivity contribution in [1.82, 2.24) is 4.90 Å². The van der Waals surface area contributed by atoms with Gasteiger partial charge in [-0.05, 0) is 76.2 Å². The highest BCUT2D eigenvalue weighted by Crippen LogP contribution is 2.39. The van der Waals surface area contributed by atoms with Crippen LogP contribution in [0.5, 0.6) is 0 Å². The molecule has 0 amide bonds. The molecular weight excluding hydrogens is 258 g/mol. The Morgan fingerprint density at radius 2 is 1.71 bits per heavy atom. The Labute approximate surface area is 130 Å². The van der Waals surface area contributed by atoms with Crippen LogP contribution in [0, 0.1) is 19.8 Å². The van der Waals surface area contributed by atoms with Gasteiger partial charge in [-0.3, -0.25) is 0 Å². The third-order valence-corrected chi connectivity index (χ3v) is 5.69. The van der Waals surface area contributed by atoms with E-state index in [-0.39, 0.29) is 11.6 Å². The van der Waals surface area contributed by atoms with Crippen molar-refractivity contribution in [2.24, 2.45) is 5.92 Å². The summed E-state index contributed by atoms with van der Waals surface area (Å²) in [5.74, 6) is 0.797. The Morgan fingerprint density at radius 1 is 1.19 bits per heavy atom. The molecule has 1 N–H and O–H groups in total. The highest BCUT2D eigenvalue weighted by molar-refractivity contribution is 5.34. The summed E-state index contributed by atoms with van der Waals surface area (Å²) in [5, 5.41) is 11.0. The van der Waals surface area contributed by atoms with Crippen LogP contribution in [-0.4, -0.2) is 35.7 Å². The second kappa shape index (κ2) is 6.50. The summed E-state index contributed by atoms with van der Waals surface area (Å²) in [5.41, 5.74) is 3.87. The number of likely N-dealkylation sites (N-methyl/N-ethyl adjacent to an activating group) is 1. The van der Waals surface area contributed by atoms with E-state index in [4.69, 9.17) is 0 Å². The molecule has 0 bridgehead atoms. The van der Waals surface area contributed by atoms with Crippen molar-refractivity contribution in [2.75, 3.05) is 14.1 Å². The fraction of sp³-hybridized carbons (Fsp3) is 0.684. The molecule has 1 fully saturated rings. The average Bonchev–Trinajstić information content (AvgIpc) is 2.43. The van der Waals surface area contributed by atoms with Gasteiger partial charge in [-0.1, -0.05) is 25.1 Å². The largest absolute Gasteiger partial charge is 0.391 e. The molecule has 0 saturated heterocycles. The lowest BCUT2D eigenvalue weighted by atomic mass is 9.71. The van der Waals surface area contributed by atoms with Crippen LogP contribution in [0.25, 0.3) is 0 Å². The van der Waals surface area contributed by atoms with Gasteiger partial charge in [0.2, 0.25) is 0 Å². The monoisotopic (exact) mass is 289 g/mol. The summed E-state index contributed by atoms with van der Waals surface area (Å²) in [4.78, 5) is 2.27. The van der Waals surface area contributed by atoms with Crippen LogP contribution in [-0.2, 0) is 6.42 Å². The Morgan fingerprint density at radius 3 is 2.19 bits per heavy atom. The van der Waals surface area contributed by atoms with E-state index in [1.807, 2.05) is 0 Å². The van der Waals surface area contributed by atoms with Crippen molar-refractivity contribution in [1.29, 1.82) is 0 Å². The minimum atomic E-state index is -0.292. The van der Waals surface area contributed by atoms with Gasteiger partial charge in [-0.25, -0.2) is 0 Å². The minimum absolute atomic E-state index is 0.0543. The predicted octanol–water partition coefficient (Wildman–Crippen LogP) is 3.72. The van der Waals surface area contributed by atoms with Gasteiger partial charge >= 0.3 is 0 Å². The van der Waals surface area contributed by atoms with E-state index >= 15 is 0 Å². The van der Waals surface area contributed by atoms with Crippen LogP contribution in [0.15, 0.2) is 18.2 Å². The molecule has 21 heavy (non-hydrogen) atoms. The van der Waals surface area contributed by atoms with Gasteiger partial charge < -0.3 is 10.0 Å². The lowest BCUT2D eigenvalue weighted by molar-refractivity contribution is -0.0383. The van der Waals surface area contributed by atoms with E-state index < -0.39 is 0 Å². The molecular formula is C19H31NO.